The first-order valence-electron chi connectivity index (χ1n) is 5.64. The zero-order valence-corrected chi connectivity index (χ0v) is 9.81. The summed E-state index contributed by atoms with van der Waals surface area (Å²) >= 11 is 0. The van der Waals surface area contributed by atoms with Gasteiger partial charge in [0.1, 0.15) is 0 Å². The zero-order valence-electron chi connectivity index (χ0n) is 9.81. The Hall–Kier alpha value is -2.09. The molecule has 0 aliphatic heterocycles. The maximum absolute atomic E-state index is 11.8. The Kier molecular flexibility index (Phi) is 3.55. The third-order valence-corrected chi connectivity index (χ3v) is 2.61. The van der Waals surface area contributed by atoms with Gasteiger partial charge in [-0.25, -0.2) is 0 Å². The van der Waals surface area contributed by atoms with Crippen molar-refractivity contribution in [3.8, 4) is 0 Å². The van der Waals surface area contributed by atoms with Crippen molar-refractivity contribution in [3.05, 3.63) is 71.3 Å². The van der Waals surface area contributed by atoms with E-state index in [1.54, 1.807) is 0 Å². The van der Waals surface area contributed by atoms with Crippen LogP contribution in [0.15, 0.2) is 54.6 Å². The van der Waals surface area contributed by atoms with Crippen molar-refractivity contribution in [2.45, 2.75) is 13.5 Å². The van der Waals surface area contributed by atoms with Crippen molar-refractivity contribution < 1.29 is 4.79 Å². The van der Waals surface area contributed by atoms with Crippen LogP contribution in [0.1, 0.15) is 21.5 Å². The molecule has 0 unspecified atom stereocenters. The molecule has 0 radical (unpaired) electrons. The van der Waals surface area contributed by atoms with Crippen LogP contribution in [-0.2, 0) is 6.54 Å². The average molecular weight is 225 g/mol. The van der Waals surface area contributed by atoms with Crippen molar-refractivity contribution in [1.29, 1.82) is 0 Å². The molecule has 2 rings (SSSR count). The monoisotopic (exact) mass is 225 g/mol. The Morgan fingerprint density at radius 3 is 2.29 bits per heavy atom. The van der Waals surface area contributed by atoms with E-state index >= 15 is 0 Å². The van der Waals surface area contributed by atoms with Gasteiger partial charge in [-0.15, -0.1) is 0 Å². The minimum absolute atomic E-state index is 0.0335. The van der Waals surface area contributed by atoms with Gasteiger partial charge in [0.15, 0.2) is 0 Å². The van der Waals surface area contributed by atoms with Gasteiger partial charge in [0, 0.05) is 12.1 Å². The lowest BCUT2D eigenvalue weighted by molar-refractivity contribution is 0.0951. The van der Waals surface area contributed by atoms with Gasteiger partial charge in [0.2, 0.25) is 0 Å². The van der Waals surface area contributed by atoms with Crippen LogP contribution >= 0.6 is 0 Å². The van der Waals surface area contributed by atoms with Crippen molar-refractivity contribution in [2.75, 3.05) is 0 Å². The Labute approximate surface area is 101 Å². The van der Waals surface area contributed by atoms with Gasteiger partial charge in [-0.05, 0) is 24.6 Å². The Morgan fingerprint density at radius 2 is 1.65 bits per heavy atom. The van der Waals surface area contributed by atoms with Crippen LogP contribution in [0.25, 0.3) is 0 Å². The summed E-state index contributed by atoms with van der Waals surface area (Å²) in [5.74, 6) is -0.0335. The molecule has 1 N–H and O–H groups in total. The second-order valence-electron chi connectivity index (χ2n) is 4.03. The first kappa shape index (κ1) is 11.4. The van der Waals surface area contributed by atoms with Crippen LogP contribution in [-0.4, -0.2) is 5.91 Å². The number of nitrogens with one attached hydrogen (secondary N) is 1. The number of hydrogen-bond acceptors (Lipinski definition) is 1. The molecule has 86 valence electrons. The van der Waals surface area contributed by atoms with E-state index in [1.807, 2.05) is 61.5 Å². The molecule has 0 bridgehead atoms. The molecule has 2 nitrogen and oxygen atoms in total. The molecule has 1 amide bonds. The number of carbonyl (C=O) groups excluding carboxylic acids is 1. The quantitative estimate of drug-likeness (QED) is 0.855. The van der Waals surface area contributed by atoms with E-state index in [0.29, 0.717) is 12.1 Å². The minimum Gasteiger partial charge on any atom is -0.348 e. The van der Waals surface area contributed by atoms with E-state index in [4.69, 9.17) is 0 Å². The fraction of sp³-hybridized carbons (Fsp3) is 0.133. The van der Waals surface area contributed by atoms with E-state index in [1.165, 1.54) is 0 Å². The van der Waals surface area contributed by atoms with Crippen LogP contribution in [0.5, 0.6) is 0 Å². The molecule has 0 spiro atoms. The average Bonchev–Trinajstić information content (AvgIpc) is 2.38. The molecule has 0 atom stereocenters. The van der Waals surface area contributed by atoms with Gasteiger partial charge in [0.05, 0.1) is 0 Å². The van der Waals surface area contributed by atoms with Crippen LogP contribution in [0.2, 0.25) is 0 Å². The predicted octanol–water partition coefficient (Wildman–Crippen LogP) is 2.93. The largest absolute Gasteiger partial charge is 0.348 e. The number of aryl methyl sites for hydroxylation is 1. The molecular weight excluding hydrogens is 210 g/mol. The third kappa shape index (κ3) is 3.18. The van der Waals surface area contributed by atoms with Crippen molar-refractivity contribution in [2.24, 2.45) is 0 Å². The van der Waals surface area contributed by atoms with E-state index < -0.39 is 0 Å². The third-order valence-electron chi connectivity index (χ3n) is 2.61. The summed E-state index contributed by atoms with van der Waals surface area (Å²) in [4.78, 5) is 11.8. The highest BCUT2D eigenvalue weighted by atomic mass is 16.1. The van der Waals surface area contributed by atoms with Gasteiger partial charge in [-0.1, -0.05) is 48.0 Å². The summed E-state index contributed by atoms with van der Waals surface area (Å²) in [6, 6.07) is 17.5. The Balaban J connectivity index is 1.96. The maximum Gasteiger partial charge on any atom is 0.251 e. The van der Waals surface area contributed by atoms with Crippen molar-refractivity contribution in [1.82, 2.24) is 5.32 Å². The topological polar surface area (TPSA) is 29.1 Å². The molecule has 2 aromatic rings. The number of hydrogen-bond donors (Lipinski definition) is 1. The van der Waals surface area contributed by atoms with Crippen LogP contribution < -0.4 is 5.32 Å². The smallest absolute Gasteiger partial charge is 0.251 e. The van der Waals surface area contributed by atoms with Crippen molar-refractivity contribution >= 4 is 5.91 Å². The standard InChI is InChI=1S/C15H15NO/c1-12-7-9-14(10-8-12)15(17)16-11-13-5-3-2-4-6-13/h2-10H,11H2,1H3,(H,16,17). The molecule has 0 heterocycles. The van der Waals surface area contributed by atoms with Gasteiger partial charge in [-0.2, -0.15) is 0 Å². The maximum atomic E-state index is 11.8. The highest BCUT2D eigenvalue weighted by molar-refractivity contribution is 5.94. The molecule has 0 fully saturated rings. The summed E-state index contributed by atoms with van der Waals surface area (Å²) in [6.45, 7) is 2.57. The first-order chi connectivity index (χ1) is 8.25. The van der Waals surface area contributed by atoms with E-state index in [9.17, 15) is 4.79 Å². The predicted molar refractivity (Wildman–Crippen MR) is 68.8 cm³/mol. The van der Waals surface area contributed by atoms with Gasteiger partial charge in [0.25, 0.3) is 5.91 Å². The van der Waals surface area contributed by atoms with Crippen LogP contribution in [0.4, 0.5) is 0 Å². The zero-order chi connectivity index (χ0) is 12.1. The summed E-state index contributed by atoms with van der Waals surface area (Å²) in [5, 5.41) is 2.90. The second kappa shape index (κ2) is 5.30. The highest BCUT2D eigenvalue weighted by Crippen LogP contribution is 2.04. The summed E-state index contributed by atoms with van der Waals surface area (Å²) in [7, 11) is 0. The lowest BCUT2D eigenvalue weighted by Gasteiger charge is -2.05. The lowest BCUT2D eigenvalue weighted by atomic mass is 10.1. The van der Waals surface area contributed by atoms with Gasteiger partial charge in [-0.3, -0.25) is 4.79 Å². The fourth-order valence-electron chi connectivity index (χ4n) is 1.59. The molecule has 0 aliphatic rings. The van der Waals surface area contributed by atoms with E-state index in [0.717, 1.165) is 11.1 Å². The summed E-state index contributed by atoms with van der Waals surface area (Å²) in [5.41, 5.74) is 2.96. The van der Waals surface area contributed by atoms with Crippen molar-refractivity contribution in [3.63, 3.8) is 0 Å². The van der Waals surface area contributed by atoms with Gasteiger partial charge < -0.3 is 5.32 Å². The SMILES string of the molecule is Cc1ccc(C(=O)NCc2ccccc2)cc1. The second-order valence-corrected chi connectivity index (χ2v) is 4.03. The molecule has 2 heteroatoms. The molecule has 2 aromatic carbocycles. The highest BCUT2D eigenvalue weighted by Gasteiger charge is 2.03. The summed E-state index contributed by atoms with van der Waals surface area (Å²) in [6.07, 6.45) is 0. The Morgan fingerprint density at radius 1 is 1.00 bits per heavy atom. The van der Waals surface area contributed by atoms with Crippen LogP contribution in [0.3, 0.4) is 0 Å². The number of benzene rings is 2. The molecular formula is C15H15NO. The number of rotatable bonds is 3. The minimum atomic E-state index is -0.0335. The molecule has 0 saturated carbocycles. The Bertz CT molecular complexity index is 488. The number of carbonyl (C=O) groups is 1. The molecule has 0 aliphatic carbocycles. The molecule has 17 heavy (non-hydrogen) atoms. The van der Waals surface area contributed by atoms with Gasteiger partial charge >= 0.3 is 0 Å². The van der Waals surface area contributed by atoms with E-state index in [2.05, 4.69) is 5.32 Å². The molecule has 0 aromatic heterocycles. The molecule has 0 saturated heterocycles. The first-order valence-corrected chi connectivity index (χ1v) is 5.64. The van der Waals surface area contributed by atoms with Crippen LogP contribution in [0, 0.1) is 6.92 Å². The lowest BCUT2D eigenvalue weighted by Crippen LogP contribution is -2.22. The summed E-state index contributed by atoms with van der Waals surface area (Å²) < 4.78 is 0. The fourth-order valence-corrected chi connectivity index (χ4v) is 1.59. The number of amides is 1. The van der Waals surface area contributed by atoms with E-state index in [-0.39, 0.29) is 5.91 Å². The normalized spacial score (nSPS) is 9.94.